The van der Waals surface area contributed by atoms with E-state index in [1.807, 2.05) is 36.4 Å². The molecule has 0 spiro atoms. The van der Waals surface area contributed by atoms with Gasteiger partial charge in [0.25, 0.3) is 5.91 Å². The van der Waals surface area contributed by atoms with E-state index in [1.54, 1.807) is 17.7 Å². The highest BCUT2D eigenvalue weighted by Gasteiger charge is 2.31. The molecule has 1 aromatic heterocycles. The second-order valence-electron chi connectivity index (χ2n) is 9.16. The van der Waals surface area contributed by atoms with Crippen molar-refractivity contribution in [3.8, 4) is 11.4 Å². The number of fused-ring (bicyclic) bond motifs is 1. The molecule has 4 aromatic rings. The number of amides is 1. The van der Waals surface area contributed by atoms with Crippen LogP contribution in [0, 0.1) is 0 Å². The van der Waals surface area contributed by atoms with Gasteiger partial charge in [-0.1, -0.05) is 24.6 Å². The Balaban J connectivity index is 1.53. The molecular weight excluding hydrogens is 481 g/mol. The van der Waals surface area contributed by atoms with Gasteiger partial charge in [-0.2, -0.15) is 13.2 Å². The molecule has 1 aliphatic heterocycles. The number of carbonyl (C=O) groups excluding carboxylic acids is 1. The lowest BCUT2D eigenvalue weighted by molar-refractivity contribution is -0.137. The smallest absolute Gasteiger partial charge is 0.416 e. The van der Waals surface area contributed by atoms with Crippen LogP contribution in [0.5, 0.6) is 5.75 Å². The van der Waals surface area contributed by atoms with Crippen LogP contribution in [0.15, 0.2) is 66.7 Å². The monoisotopic (exact) mass is 508 g/mol. The first-order valence-electron chi connectivity index (χ1n) is 12.2. The summed E-state index contributed by atoms with van der Waals surface area (Å²) in [7, 11) is 1.56. The van der Waals surface area contributed by atoms with E-state index in [4.69, 9.17) is 4.74 Å². The van der Waals surface area contributed by atoms with Crippen molar-refractivity contribution in [3.63, 3.8) is 0 Å². The number of carbonyl (C=O) groups is 1. The number of anilines is 1. The van der Waals surface area contributed by atoms with Crippen molar-refractivity contribution in [2.45, 2.75) is 32.0 Å². The van der Waals surface area contributed by atoms with Crippen molar-refractivity contribution < 1.29 is 22.7 Å². The summed E-state index contributed by atoms with van der Waals surface area (Å²) in [5, 5.41) is 2.73. The Bertz CT molecular complexity index is 1420. The number of likely N-dealkylation sites (tertiary alicyclic amines) is 1. The fraction of sp³-hybridized carbons (Fsp3) is 0.286. The molecule has 5 rings (SSSR count). The molecule has 1 saturated heterocycles. The van der Waals surface area contributed by atoms with E-state index < -0.39 is 17.6 Å². The number of nitrogens with zero attached hydrogens (tertiary/aromatic N) is 3. The summed E-state index contributed by atoms with van der Waals surface area (Å²) in [5.74, 6) is 0.149. The topological polar surface area (TPSA) is 59.4 Å². The normalized spacial score (nSPS) is 14.6. The predicted octanol–water partition coefficient (Wildman–Crippen LogP) is 6.29. The standard InChI is InChI=1S/C28H27F3N4O2/c1-37-23-10-6-9-22(17-23)35-25-12-11-19(18-34-13-3-2-4-14-34)15-24(25)32-27(35)33-26(36)20-7-5-8-21(16-20)28(29,30)31/h5-12,15-17H,2-4,13-14,18H2,1H3,(H,32,33,36). The molecule has 6 nitrogen and oxygen atoms in total. The summed E-state index contributed by atoms with van der Waals surface area (Å²) in [6, 6.07) is 17.6. The van der Waals surface area contributed by atoms with Crippen LogP contribution in [0.1, 0.15) is 40.7 Å². The second kappa shape index (κ2) is 10.3. The van der Waals surface area contributed by atoms with Gasteiger partial charge in [-0.05, 0) is 74.0 Å². The zero-order chi connectivity index (χ0) is 26.0. The van der Waals surface area contributed by atoms with E-state index in [0.29, 0.717) is 17.0 Å². The highest BCUT2D eigenvalue weighted by atomic mass is 19.4. The first kappa shape index (κ1) is 24.8. The highest BCUT2D eigenvalue weighted by molar-refractivity contribution is 6.04. The molecule has 0 unspecified atom stereocenters. The summed E-state index contributed by atoms with van der Waals surface area (Å²) < 4.78 is 46.7. The molecular formula is C28H27F3N4O2. The lowest BCUT2D eigenvalue weighted by Crippen LogP contribution is -2.29. The molecule has 1 N–H and O–H groups in total. The van der Waals surface area contributed by atoms with Crippen molar-refractivity contribution in [2.24, 2.45) is 0 Å². The largest absolute Gasteiger partial charge is 0.497 e. The first-order chi connectivity index (χ1) is 17.8. The average Bonchev–Trinajstić information content (AvgIpc) is 3.25. The third kappa shape index (κ3) is 5.46. The van der Waals surface area contributed by atoms with Crippen molar-refractivity contribution in [2.75, 3.05) is 25.5 Å². The SMILES string of the molecule is COc1cccc(-n2c(NC(=O)c3cccc(C(F)(F)F)c3)nc3cc(CN4CCCCC4)ccc32)c1. The third-order valence-corrected chi connectivity index (χ3v) is 6.56. The van der Waals surface area contributed by atoms with E-state index in [1.165, 1.54) is 31.4 Å². The first-order valence-corrected chi connectivity index (χ1v) is 12.2. The number of hydrogen-bond donors (Lipinski definition) is 1. The summed E-state index contributed by atoms with van der Waals surface area (Å²) in [5.41, 5.74) is 2.26. The molecule has 0 radical (unpaired) electrons. The van der Waals surface area contributed by atoms with E-state index in [-0.39, 0.29) is 11.5 Å². The van der Waals surface area contributed by atoms with Crippen LogP contribution < -0.4 is 10.1 Å². The molecule has 0 aliphatic carbocycles. The van der Waals surface area contributed by atoms with Gasteiger partial charge < -0.3 is 4.74 Å². The number of hydrogen-bond acceptors (Lipinski definition) is 4. The van der Waals surface area contributed by atoms with Gasteiger partial charge in [-0.25, -0.2) is 4.98 Å². The Hall–Kier alpha value is -3.85. The summed E-state index contributed by atoms with van der Waals surface area (Å²) in [6.45, 7) is 2.94. The van der Waals surface area contributed by atoms with Crippen molar-refractivity contribution in [3.05, 3.63) is 83.4 Å². The number of benzene rings is 3. The van der Waals surface area contributed by atoms with Crippen LogP contribution in [0.2, 0.25) is 0 Å². The lowest BCUT2D eigenvalue weighted by atomic mass is 10.1. The van der Waals surface area contributed by atoms with Gasteiger partial charge in [0.05, 0.1) is 29.4 Å². The van der Waals surface area contributed by atoms with Crippen molar-refractivity contribution >= 4 is 22.9 Å². The second-order valence-corrected chi connectivity index (χ2v) is 9.16. The summed E-state index contributed by atoms with van der Waals surface area (Å²) in [6.07, 6.45) is -0.902. The molecule has 1 amide bonds. The fourth-order valence-corrected chi connectivity index (χ4v) is 4.71. The lowest BCUT2D eigenvalue weighted by Gasteiger charge is -2.26. The predicted molar refractivity (Wildman–Crippen MR) is 136 cm³/mol. The van der Waals surface area contributed by atoms with Gasteiger partial charge in [-0.3, -0.25) is 19.6 Å². The van der Waals surface area contributed by atoms with E-state index in [9.17, 15) is 18.0 Å². The maximum absolute atomic E-state index is 13.2. The Morgan fingerprint density at radius 1 is 1.00 bits per heavy atom. The number of nitrogens with one attached hydrogen (secondary N) is 1. The van der Waals surface area contributed by atoms with Gasteiger partial charge in [0, 0.05) is 18.2 Å². The van der Waals surface area contributed by atoms with E-state index in [2.05, 4.69) is 15.2 Å². The molecule has 2 heterocycles. The molecule has 3 aromatic carbocycles. The Morgan fingerprint density at radius 2 is 1.78 bits per heavy atom. The van der Waals surface area contributed by atoms with E-state index in [0.717, 1.165) is 42.8 Å². The van der Waals surface area contributed by atoms with Gasteiger partial charge in [-0.15, -0.1) is 0 Å². The Kier molecular flexibility index (Phi) is 6.88. The minimum Gasteiger partial charge on any atom is -0.497 e. The van der Waals surface area contributed by atoms with Gasteiger partial charge in [0.15, 0.2) is 0 Å². The van der Waals surface area contributed by atoms with Gasteiger partial charge in [0.2, 0.25) is 5.95 Å². The number of ether oxygens (including phenoxy) is 1. The number of alkyl halides is 3. The zero-order valence-electron chi connectivity index (χ0n) is 20.4. The molecule has 1 fully saturated rings. The third-order valence-electron chi connectivity index (χ3n) is 6.56. The molecule has 37 heavy (non-hydrogen) atoms. The Morgan fingerprint density at radius 3 is 2.54 bits per heavy atom. The van der Waals surface area contributed by atoms with Crippen LogP contribution in [0.3, 0.4) is 0 Å². The molecule has 192 valence electrons. The van der Waals surface area contributed by atoms with Crippen LogP contribution in [-0.4, -0.2) is 40.6 Å². The molecule has 9 heteroatoms. The van der Waals surface area contributed by atoms with Crippen LogP contribution in [0.25, 0.3) is 16.7 Å². The van der Waals surface area contributed by atoms with Crippen molar-refractivity contribution in [1.29, 1.82) is 0 Å². The van der Waals surface area contributed by atoms with Crippen molar-refractivity contribution in [1.82, 2.24) is 14.5 Å². The minimum atomic E-state index is -4.55. The minimum absolute atomic E-state index is 0.107. The van der Waals surface area contributed by atoms with Crippen LogP contribution >= 0.6 is 0 Å². The number of halogens is 3. The van der Waals surface area contributed by atoms with Crippen LogP contribution in [-0.2, 0) is 12.7 Å². The molecule has 0 bridgehead atoms. The maximum Gasteiger partial charge on any atom is 0.416 e. The fourth-order valence-electron chi connectivity index (χ4n) is 4.71. The molecule has 0 atom stereocenters. The zero-order valence-corrected chi connectivity index (χ0v) is 20.4. The number of imidazole rings is 1. The van der Waals surface area contributed by atoms with E-state index >= 15 is 0 Å². The number of piperidine rings is 1. The number of rotatable bonds is 6. The van der Waals surface area contributed by atoms with Crippen LogP contribution in [0.4, 0.5) is 19.1 Å². The maximum atomic E-state index is 13.2. The average molecular weight is 509 g/mol. The number of aromatic nitrogens is 2. The molecule has 0 saturated carbocycles. The summed E-state index contributed by atoms with van der Waals surface area (Å²) in [4.78, 5) is 20.1. The summed E-state index contributed by atoms with van der Waals surface area (Å²) >= 11 is 0. The number of methoxy groups -OCH3 is 1. The van der Waals surface area contributed by atoms with Gasteiger partial charge >= 0.3 is 6.18 Å². The molecule has 1 aliphatic rings. The quantitative estimate of drug-likeness (QED) is 0.333. The highest BCUT2D eigenvalue weighted by Crippen LogP contribution is 2.31. The Labute approximate surface area is 212 Å². The van der Waals surface area contributed by atoms with Gasteiger partial charge in [0.1, 0.15) is 5.75 Å².